The molecule has 5 nitrogen and oxygen atoms in total. The molecule has 110 valence electrons. The van der Waals surface area contributed by atoms with Gasteiger partial charge in [0.05, 0.1) is 5.92 Å². The average Bonchev–Trinajstić information content (AvgIpc) is 2.37. The number of rotatable bonds is 5. The first-order valence-electron chi connectivity index (χ1n) is 7.11. The molecule has 0 heterocycles. The van der Waals surface area contributed by atoms with E-state index < -0.39 is 5.97 Å². The third-order valence-corrected chi connectivity index (χ3v) is 4.10. The van der Waals surface area contributed by atoms with E-state index in [0.29, 0.717) is 19.4 Å². The van der Waals surface area contributed by atoms with Crippen LogP contribution in [0.15, 0.2) is 0 Å². The van der Waals surface area contributed by atoms with Crippen LogP contribution in [0.3, 0.4) is 0 Å². The number of carbonyl (C=O) groups excluding carboxylic acids is 1. The lowest BCUT2D eigenvalue weighted by molar-refractivity contribution is -0.142. The van der Waals surface area contributed by atoms with Gasteiger partial charge in [-0.05, 0) is 37.5 Å². The second-order valence-electron chi connectivity index (χ2n) is 6.23. The van der Waals surface area contributed by atoms with Crippen molar-refractivity contribution in [2.24, 2.45) is 11.3 Å². The standard InChI is InChI=1S/C14H26N2O3/c1-4-14(2,3)9-15-13(19)16-11-7-5-10(6-8-11)12(17)18/h10-11H,4-9H2,1-3H3,(H,17,18)(H2,15,16,19). The van der Waals surface area contributed by atoms with Gasteiger partial charge in [-0.25, -0.2) is 4.79 Å². The van der Waals surface area contributed by atoms with E-state index in [4.69, 9.17) is 5.11 Å². The molecule has 1 rings (SSSR count). The number of urea groups is 1. The third-order valence-electron chi connectivity index (χ3n) is 4.10. The van der Waals surface area contributed by atoms with Crippen molar-refractivity contribution < 1.29 is 14.7 Å². The first-order chi connectivity index (χ1) is 8.84. The molecule has 0 aromatic rings. The smallest absolute Gasteiger partial charge is 0.315 e. The second kappa shape index (κ2) is 6.78. The van der Waals surface area contributed by atoms with Crippen molar-refractivity contribution in [2.45, 2.75) is 58.9 Å². The Kier molecular flexibility index (Phi) is 5.63. The molecule has 0 aromatic carbocycles. The number of aliphatic carboxylic acids is 1. The van der Waals surface area contributed by atoms with E-state index in [0.717, 1.165) is 19.3 Å². The monoisotopic (exact) mass is 270 g/mol. The number of amides is 2. The number of hydrogen-bond acceptors (Lipinski definition) is 2. The van der Waals surface area contributed by atoms with Crippen LogP contribution in [0.4, 0.5) is 4.79 Å². The fraction of sp³-hybridized carbons (Fsp3) is 0.857. The average molecular weight is 270 g/mol. The number of carboxylic acids is 1. The Labute approximate surface area is 115 Å². The van der Waals surface area contributed by atoms with Gasteiger partial charge >= 0.3 is 12.0 Å². The fourth-order valence-electron chi connectivity index (χ4n) is 2.17. The molecule has 0 unspecified atom stereocenters. The van der Waals surface area contributed by atoms with Gasteiger partial charge in [0.1, 0.15) is 0 Å². The SMILES string of the molecule is CCC(C)(C)CNC(=O)NC1CCC(C(=O)O)CC1. The molecule has 3 N–H and O–H groups in total. The van der Waals surface area contributed by atoms with Gasteiger partial charge in [0, 0.05) is 12.6 Å². The molecule has 5 heteroatoms. The van der Waals surface area contributed by atoms with E-state index in [2.05, 4.69) is 31.4 Å². The topological polar surface area (TPSA) is 78.4 Å². The maximum absolute atomic E-state index is 11.8. The summed E-state index contributed by atoms with van der Waals surface area (Å²) in [6, 6.07) is -0.0272. The summed E-state index contributed by atoms with van der Waals surface area (Å²) < 4.78 is 0. The van der Waals surface area contributed by atoms with Crippen LogP contribution in [0.5, 0.6) is 0 Å². The van der Waals surface area contributed by atoms with Gasteiger partial charge in [-0.1, -0.05) is 20.8 Å². The molecule has 0 atom stereocenters. The number of nitrogens with one attached hydrogen (secondary N) is 2. The molecule has 0 bridgehead atoms. The summed E-state index contributed by atoms with van der Waals surface area (Å²) in [7, 11) is 0. The van der Waals surface area contributed by atoms with Crippen LogP contribution >= 0.6 is 0 Å². The summed E-state index contributed by atoms with van der Waals surface area (Å²) in [4.78, 5) is 22.6. The van der Waals surface area contributed by atoms with Crippen LogP contribution in [-0.4, -0.2) is 29.7 Å². The Hall–Kier alpha value is -1.26. The predicted octanol–water partition coefficient (Wildman–Crippen LogP) is 2.37. The first kappa shape index (κ1) is 15.8. The van der Waals surface area contributed by atoms with E-state index in [1.54, 1.807) is 0 Å². The Morgan fingerprint density at radius 2 is 1.79 bits per heavy atom. The fourth-order valence-corrected chi connectivity index (χ4v) is 2.17. The molecule has 0 saturated heterocycles. The van der Waals surface area contributed by atoms with Gasteiger partial charge in [-0.3, -0.25) is 4.79 Å². The van der Waals surface area contributed by atoms with Crippen molar-refractivity contribution in [2.75, 3.05) is 6.54 Å². The molecule has 1 aliphatic carbocycles. The molecule has 1 saturated carbocycles. The third kappa shape index (κ3) is 5.49. The van der Waals surface area contributed by atoms with Gasteiger partial charge in [0.25, 0.3) is 0 Å². The van der Waals surface area contributed by atoms with E-state index in [-0.39, 0.29) is 23.4 Å². The summed E-state index contributed by atoms with van der Waals surface area (Å²) in [5.74, 6) is -0.951. The highest BCUT2D eigenvalue weighted by Crippen LogP contribution is 2.24. The zero-order chi connectivity index (χ0) is 14.5. The van der Waals surface area contributed by atoms with Gasteiger partial charge in [0.15, 0.2) is 0 Å². The summed E-state index contributed by atoms with van der Waals surface area (Å²) in [5.41, 5.74) is 0.109. The van der Waals surface area contributed by atoms with Crippen molar-refractivity contribution >= 4 is 12.0 Å². The Bertz CT molecular complexity index is 321. The van der Waals surface area contributed by atoms with Gasteiger partial charge in [0.2, 0.25) is 0 Å². The highest BCUT2D eigenvalue weighted by atomic mass is 16.4. The van der Waals surface area contributed by atoms with E-state index >= 15 is 0 Å². The van der Waals surface area contributed by atoms with Crippen molar-refractivity contribution in [3.8, 4) is 0 Å². The van der Waals surface area contributed by atoms with Gasteiger partial charge < -0.3 is 15.7 Å². The van der Waals surface area contributed by atoms with Crippen LogP contribution < -0.4 is 10.6 Å². The van der Waals surface area contributed by atoms with Crippen LogP contribution in [0.1, 0.15) is 52.9 Å². The first-order valence-corrected chi connectivity index (χ1v) is 7.11. The van der Waals surface area contributed by atoms with Gasteiger partial charge in [-0.2, -0.15) is 0 Å². The van der Waals surface area contributed by atoms with E-state index in [1.165, 1.54) is 0 Å². The summed E-state index contributed by atoms with van der Waals surface area (Å²) in [5, 5.41) is 14.7. The quantitative estimate of drug-likeness (QED) is 0.717. The molecule has 1 aliphatic rings. The maximum atomic E-state index is 11.8. The Balaban J connectivity index is 2.25. The number of carbonyl (C=O) groups is 2. The molecule has 0 spiro atoms. The van der Waals surface area contributed by atoms with Crippen LogP contribution in [0.2, 0.25) is 0 Å². The normalized spacial score (nSPS) is 23.7. The van der Waals surface area contributed by atoms with Crippen LogP contribution in [-0.2, 0) is 4.79 Å². The molecule has 2 amide bonds. The van der Waals surface area contributed by atoms with Crippen molar-refractivity contribution in [1.82, 2.24) is 10.6 Å². The zero-order valence-corrected chi connectivity index (χ0v) is 12.2. The van der Waals surface area contributed by atoms with E-state index in [1.807, 2.05) is 0 Å². The lowest BCUT2D eigenvalue weighted by Gasteiger charge is -2.28. The van der Waals surface area contributed by atoms with E-state index in [9.17, 15) is 9.59 Å². The predicted molar refractivity (Wildman–Crippen MR) is 74.0 cm³/mol. The minimum Gasteiger partial charge on any atom is -0.481 e. The molecule has 19 heavy (non-hydrogen) atoms. The van der Waals surface area contributed by atoms with Gasteiger partial charge in [-0.15, -0.1) is 0 Å². The zero-order valence-electron chi connectivity index (χ0n) is 12.2. The number of carboxylic acid groups (broad SMARTS) is 1. The van der Waals surface area contributed by atoms with Crippen LogP contribution in [0, 0.1) is 11.3 Å². The second-order valence-corrected chi connectivity index (χ2v) is 6.23. The van der Waals surface area contributed by atoms with Crippen molar-refractivity contribution in [1.29, 1.82) is 0 Å². The Morgan fingerprint density at radius 3 is 2.26 bits per heavy atom. The highest BCUT2D eigenvalue weighted by Gasteiger charge is 2.26. The Morgan fingerprint density at radius 1 is 1.21 bits per heavy atom. The molecular formula is C14H26N2O3. The summed E-state index contributed by atoms with van der Waals surface area (Å²) in [6.07, 6.45) is 3.82. The largest absolute Gasteiger partial charge is 0.481 e. The maximum Gasteiger partial charge on any atom is 0.315 e. The molecule has 1 fully saturated rings. The molecular weight excluding hydrogens is 244 g/mol. The molecule has 0 radical (unpaired) electrons. The lowest BCUT2D eigenvalue weighted by Crippen LogP contribution is -2.46. The van der Waals surface area contributed by atoms with Crippen molar-refractivity contribution in [3.05, 3.63) is 0 Å². The number of hydrogen-bond donors (Lipinski definition) is 3. The molecule has 0 aromatic heterocycles. The summed E-state index contributed by atoms with van der Waals surface area (Å²) in [6.45, 7) is 6.99. The highest BCUT2D eigenvalue weighted by molar-refractivity contribution is 5.74. The van der Waals surface area contributed by atoms with Crippen LogP contribution in [0.25, 0.3) is 0 Å². The minimum atomic E-state index is -0.715. The summed E-state index contributed by atoms with van der Waals surface area (Å²) >= 11 is 0. The lowest BCUT2D eigenvalue weighted by atomic mass is 9.86. The molecule has 0 aliphatic heterocycles. The minimum absolute atomic E-state index is 0.109. The van der Waals surface area contributed by atoms with Crippen molar-refractivity contribution in [3.63, 3.8) is 0 Å².